The average Bonchev–Trinajstić information content (AvgIpc) is 2.46. The van der Waals surface area contributed by atoms with Crippen molar-refractivity contribution in [1.82, 2.24) is 4.90 Å². The van der Waals surface area contributed by atoms with Gasteiger partial charge in [0.25, 0.3) is 5.24 Å². The van der Waals surface area contributed by atoms with E-state index in [1.165, 1.54) is 4.90 Å². The van der Waals surface area contributed by atoms with Gasteiger partial charge >= 0.3 is 0 Å². The van der Waals surface area contributed by atoms with E-state index >= 15 is 0 Å². The molecule has 2 N–H and O–H groups in total. The highest BCUT2D eigenvalue weighted by atomic mass is 32.2. The summed E-state index contributed by atoms with van der Waals surface area (Å²) in [6, 6.07) is 0. The van der Waals surface area contributed by atoms with E-state index in [-0.39, 0.29) is 16.9 Å². The minimum absolute atomic E-state index is 0.121. The van der Waals surface area contributed by atoms with Gasteiger partial charge < -0.3 is 5.73 Å². The lowest BCUT2D eigenvalue weighted by Crippen LogP contribution is -2.53. The number of rotatable bonds is 3. The highest BCUT2D eigenvalue weighted by Gasteiger charge is 2.41. The van der Waals surface area contributed by atoms with E-state index in [1.54, 1.807) is 0 Å². The fraction of sp³-hybridized carbons (Fsp3) is 0.750. The van der Waals surface area contributed by atoms with Crippen molar-refractivity contribution in [2.24, 2.45) is 5.73 Å². The van der Waals surface area contributed by atoms with Gasteiger partial charge in [-0.25, -0.2) is 0 Å². The van der Waals surface area contributed by atoms with Gasteiger partial charge in [0.2, 0.25) is 5.91 Å². The molecule has 1 saturated heterocycles. The Morgan fingerprint density at radius 2 is 2.23 bits per heavy atom. The molecule has 0 bridgehead atoms. The SMILES string of the molecule is CCC(C)(CN)N1C(=O)CSC1=O. The highest BCUT2D eigenvalue weighted by Crippen LogP contribution is 2.28. The first-order chi connectivity index (χ1) is 6.05. The monoisotopic (exact) mass is 202 g/mol. The van der Waals surface area contributed by atoms with Crippen LogP contribution in [0.5, 0.6) is 0 Å². The zero-order valence-electron chi connectivity index (χ0n) is 7.87. The fourth-order valence-corrected chi connectivity index (χ4v) is 2.10. The van der Waals surface area contributed by atoms with Crippen molar-refractivity contribution < 1.29 is 9.59 Å². The molecule has 0 aromatic carbocycles. The summed E-state index contributed by atoms with van der Waals surface area (Å²) in [6.45, 7) is 4.09. The third-order valence-corrected chi connectivity index (χ3v) is 3.31. The molecule has 1 unspecified atom stereocenters. The maximum atomic E-state index is 11.4. The first-order valence-electron chi connectivity index (χ1n) is 4.25. The quantitative estimate of drug-likeness (QED) is 0.735. The number of carbonyl (C=O) groups is 2. The maximum Gasteiger partial charge on any atom is 0.289 e. The molecule has 0 spiro atoms. The van der Waals surface area contributed by atoms with E-state index in [0.29, 0.717) is 13.0 Å². The number of amides is 2. The van der Waals surface area contributed by atoms with Crippen molar-refractivity contribution in [1.29, 1.82) is 0 Å². The molecule has 5 heteroatoms. The number of nitrogens with zero attached hydrogens (tertiary/aromatic N) is 1. The van der Waals surface area contributed by atoms with Gasteiger partial charge in [0.1, 0.15) is 0 Å². The lowest BCUT2D eigenvalue weighted by atomic mass is 9.97. The van der Waals surface area contributed by atoms with Crippen molar-refractivity contribution in [2.75, 3.05) is 12.3 Å². The van der Waals surface area contributed by atoms with Crippen LogP contribution in [0.1, 0.15) is 20.3 Å². The molecule has 1 atom stereocenters. The number of nitrogens with two attached hydrogens (primary N) is 1. The van der Waals surface area contributed by atoms with E-state index in [9.17, 15) is 9.59 Å². The first kappa shape index (κ1) is 10.5. The third-order valence-electron chi connectivity index (χ3n) is 2.49. The molecule has 1 fully saturated rings. The minimum atomic E-state index is -0.502. The molecule has 0 saturated carbocycles. The normalized spacial score (nSPS) is 22.2. The van der Waals surface area contributed by atoms with Crippen molar-refractivity contribution in [3.63, 3.8) is 0 Å². The lowest BCUT2D eigenvalue weighted by molar-refractivity contribution is -0.128. The van der Waals surface area contributed by atoms with Crippen molar-refractivity contribution >= 4 is 22.9 Å². The molecule has 1 aliphatic rings. The van der Waals surface area contributed by atoms with E-state index < -0.39 is 5.54 Å². The molecular formula is C8H14N2O2S. The summed E-state index contributed by atoms with van der Waals surface area (Å²) in [6.07, 6.45) is 0.696. The van der Waals surface area contributed by atoms with E-state index in [4.69, 9.17) is 5.73 Å². The zero-order chi connectivity index (χ0) is 10.1. The molecule has 74 valence electrons. The summed E-state index contributed by atoms with van der Waals surface area (Å²) in [5, 5.41) is -0.167. The molecule has 13 heavy (non-hydrogen) atoms. The van der Waals surface area contributed by atoms with Crippen LogP contribution in [-0.2, 0) is 4.79 Å². The number of imide groups is 1. The van der Waals surface area contributed by atoms with Crippen LogP contribution in [0.3, 0.4) is 0 Å². The number of carbonyl (C=O) groups excluding carboxylic acids is 2. The van der Waals surface area contributed by atoms with Crippen LogP contribution in [0.25, 0.3) is 0 Å². The van der Waals surface area contributed by atoms with Crippen LogP contribution in [0, 0.1) is 0 Å². The van der Waals surface area contributed by atoms with Crippen molar-refractivity contribution in [2.45, 2.75) is 25.8 Å². The van der Waals surface area contributed by atoms with Crippen LogP contribution >= 0.6 is 11.8 Å². The zero-order valence-corrected chi connectivity index (χ0v) is 8.69. The van der Waals surface area contributed by atoms with Gasteiger partial charge in [-0.05, 0) is 13.3 Å². The van der Waals surface area contributed by atoms with Gasteiger partial charge in [-0.1, -0.05) is 18.7 Å². The van der Waals surface area contributed by atoms with Gasteiger partial charge in [0, 0.05) is 6.54 Å². The van der Waals surface area contributed by atoms with Gasteiger partial charge in [0.05, 0.1) is 11.3 Å². The third kappa shape index (κ3) is 1.71. The molecule has 1 rings (SSSR count). The van der Waals surface area contributed by atoms with Crippen molar-refractivity contribution in [3.8, 4) is 0 Å². The molecule has 2 amide bonds. The second kappa shape index (κ2) is 3.67. The summed E-state index contributed by atoms with van der Waals surface area (Å²) in [5.74, 6) is 0.138. The predicted octanol–water partition coefficient (Wildman–Crippen LogP) is 0.809. The summed E-state index contributed by atoms with van der Waals surface area (Å²) in [4.78, 5) is 24.0. The minimum Gasteiger partial charge on any atom is -0.328 e. The molecule has 0 aromatic heterocycles. The Morgan fingerprint density at radius 1 is 1.62 bits per heavy atom. The molecule has 1 heterocycles. The molecular weight excluding hydrogens is 188 g/mol. The molecule has 0 radical (unpaired) electrons. The Hall–Kier alpha value is -0.550. The van der Waals surface area contributed by atoms with E-state index in [1.807, 2.05) is 13.8 Å². The Morgan fingerprint density at radius 3 is 2.54 bits per heavy atom. The van der Waals surface area contributed by atoms with Gasteiger partial charge in [0.15, 0.2) is 0 Å². The topological polar surface area (TPSA) is 63.4 Å². The Balaban J connectivity index is 2.90. The molecule has 0 aromatic rings. The average molecular weight is 202 g/mol. The van der Waals surface area contributed by atoms with Crippen LogP contribution in [0.15, 0.2) is 0 Å². The second-order valence-electron chi connectivity index (χ2n) is 3.34. The standard InChI is InChI=1S/C8H14N2O2S/c1-3-8(2,5-9)10-6(11)4-13-7(10)12/h3-5,9H2,1-2H3. The number of hydrogen-bond donors (Lipinski definition) is 1. The Kier molecular flexibility index (Phi) is 2.98. The predicted molar refractivity (Wildman–Crippen MR) is 52.5 cm³/mol. The molecule has 0 aliphatic carbocycles. The van der Waals surface area contributed by atoms with Gasteiger partial charge in [-0.3, -0.25) is 14.5 Å². The summed E-state index contributed by atoms with van der Waals surface area (Å²) >= 11 is 1.05. The van der Waals surface area contributed by atoms with Crippen LogP contribution in [-0.4, -0.2) is 33.9 Å². The number of hydrogen-bond acceptors (Lipinski definition) is 4. The smallest absolute Gasteiger partial charge is 0.289 e. The summed E-state index contributed by atoms with van der Waals surface area (Å²) in [5.41, 5.74) is 5.06. The molecule has 1 aliphatic heterocycles. The molecule has 4 nitrogen and oxygen atoms in total. The number of thioether (sulfide) groups is 1. The van der Waals surface area contributed by atoms with Crippen molar-refractivity contribution in [3.05, 3.63) is 0 Å². The summed E-state index contributed by atoms with van der Waals surface area (Å²) < 4.78 is 0. The highest BCUT2D eigenvalue weighted by molar-refractivity contribution is 8.14. The lowest BCUT2D eigenvalue weighted by Gasteiger charge is -2.34. The maximum absolute atomic E-state index is 11.4. The second-order valence-corrected chi connectivity index (χ2v) is 4.26. The van der Waals surface area contributed by atoms with Crippen LogP contribution in [0.2, 0.25) is 0 Å². The van der Waals surface area contributed by atoms with Gasteiger partial charge in [-0.2, -0.15) is 0 Å². The van der Waals surface area contributed by atoms with Gasteiger partial charge in [-0.15, -0.1) is 0 Å². The fourth-order valence-electron chi connectivity index (χ4n) is 1.27. The largest absolute Gasteiger partial charge is 0.328 e. The van der Waals surface area contributed by atoms with E-state index in [2.05, 4.69) is 0 Å². The van der Waals surface area contributed by atoms with E-state index in [0.717, 1.165) is 11.8 Å². The Labute approximate surface area is 81.8 Å². The summed E-state index contributed by atoms with van der Waals surface area (Å²) in [7, 11) is 0. The Bertz CT molecular complexity index is 222. The van der Waals surface area contributed by atoms with Crippen LogP contribution < -0.4 is 5.73 Å². The van der Waals surface area contributed by atoms with Crippen LogP contribution in [0.4, 0.5) is 4.79 Å². The first-order valence-corrected chi connectivity index (χ1v) is 5.23.